The summed E-state index contributed by atoms with van der Waals surface area (Å²) in [5.41, 5.74) is -0.194. The van der Waals surface area contributed by atoms with Gasteiger partial charge in [0.05, 0.1) is 17.3 Å². The summed E-state index contributed by atoms with van der Waals surface area (Å²) in [5.74, 6) is 0.473. The molecule has 0 bridgehead atoms. The summed E-state index contributed by atoms with van der Waals surface area (Å²) < 4.78 is 37.5. The highest BCUT2D eigenvalue weighted by atomic mass is 32.2. The normalized spacial score (nSPS) is 16.2. The van der Waals surface area contributed by atoms with Crippen LogP contribution in [0.2, 0.25) is 0 Å². The molecule has 0 saturated heterocycles. The van der Waals surface area contributed by atoms with Crippen LogP contribution in [-0.4, -0.2) is 50.1 Å². The Hall–Kier alpha value is -3.34. The van der Waals surface area contributed by atoms with Gasteiger partial charge in [-0.1, -0.05) is 26.8 Å². The number of nitrogens with one attached hydrogen (secondary N) is 2. The standard InChI is InChI=1S/C21H27N5O5S/c1-12-10-11-15(31-12)17(21(2,3)4)23-19-18(24-32(29,30)25-19)22-14-9-7-8-13(16(14)27)20(28)26(5)6/h7-11,17,27H,1-6H3,(H,22,24)(H,23,25). The van der Waals surface area contributed by atoms with Gasteiger partial charge in [0.25, 0.3) is 5.91 Å². The van der Waals surface area contributed by atoms with Gasteiger partial charge in [0, 0.05) is 14.1 Å². The number of carbonyl (C=O) groups excluding carboxylic acids is 1. The highest BCUT2D eigenvalue weighted by Crippen LogP contribution is 2.34. The first-order chi connectivity index (χ1) is 14.8. The largest absolute Gasteiger partial charge is 0.505 e. The fraction of sp³-hybridized carbons (Fsp3) is 0.381. The van der Waals surface area contributed by atoms with Crippen molar-refractivity contribution in [2.45, 2.75) is 33.7 Å². The number of para-hydroxylation sites is 1. The molecule has 1 unspecified atom stereocenters. The van der Waals surface area contributed by atoms with Gasteiger partial charge in [-0.15, -0.1) is 8.80 Å². The molecule has 0 fully saturated rings. The van der Waals surface area contributed by atoms with E-state index in [9.17, 15) is 18.3 Å². The minimum Gasteiger partial charge on any atom is -0.505 e. The monoisotopic (exact) mass is 461 g/mol. The lowest BCUT2D eigenvalue weighted by Gasteiger charge is -2.30. The average Bonchev–Trinajstić information content (AvgIpc) is 3.21. The third-order valence-corrected chi connectivity index (χ3v) is 5.58. The molecule has 3 rings (SSSR count). The Morgan fingerprint density at radius 2 is 1.78 bits per heavy atom. The van der Waals surface area contributed by atoms with E-state index in [1.807, 2.05) is 39.8 Å². The van der Waals surface area contributed by atoms with E-state index < -0.39 is 22.2 Å². The molecule has 1 atom stereocenters. The van der Waals surface area contributed by atoms with Crippen molar-refractivity contribution in [2.75, 3.05) is 19.4 Å². The molecule has 1 aromatic heterocycles. The zero-order valence-corrected chi connectivity index (χ0v) is 19.6. The van der Waals surface area contributed by atoms with Gasteiger partial charge < -0.3 is 25.1 Å². The summed E-state index contributed by atoms with van der Waals surface area (Å²) in [5, 5.41) is 16.5. The van der Waals surface area contributed by atoms with Crippen LogP contribution in [0.1, 0.15) is 48.7 Å². The summed E-state index contributed by atoms with van der Waals surface area (Å²) in [6.45, 7) is 7.73. The van der Waals surface area contributed by atoms with Crippen molar-refractivity contribution in [3.05, 3.63) is 47.4 Å². The highest BCUT2D eigenvalue weighted by molar-refractivity contribution is 7.89. The van der Waals surface area contributed by atoms with Crippen LogP contribution >= 0.6 is 0 Å². The number of amides is 1. The van der Waals surface area contributed by atoms with E-state index in [1.165, 1.54) is 17.0 Å². The first-order valence-corrected chi connectivity index (χ1v) is 11.3. The summed E-state index contributed by atoms with van der Waals surface area (Å²) in [4.78, 5) is 13.6. The zero-order chi connectivity index (χ0) is 23.8. The first kappa shape index (κ1) is 23.3. The van der Waals surface area contributed by atoms with Crippen molar-refractivity contribution in [1.82, 2.24) is 10.2 Å². The number of benzene rings is 1. The molecule has 0 saturated carbocycles. The van der Waals surface area contributed by atoms with Crippen molar-refractivity contribution in [1.29, 1.82) is 0 Å². The lowest BCUT2D eigenvalue weighted by Crippen LogP contribution is -2.41. The molecule has 1 aliphatic rings. The Bertz CT molecular complexity index is 1210. The van der Waals surface area contributed by atoms with Crippen molar-refractivity contribution in [3.8, 4) is 5.75 Å². The molecule has 1 amide bonds. The number of aryl methyl sites for hydroxylation is 1. The smallest absolute Gasteiger partial charge is 0.367 e. The van der Waals surface area contributed by atoms with Gasteiger partial charge in [-0.2, -0.15) is 8.42 Å². The van der Waals surface area contributed by atoms with Gasteiger partial charge in [0.1, 0.15) is 11.5 Å². The van der Waals surface area contributed by atoms with E-state index in [1.54, 1.807) is 20.2 Å². The molecule has 1 aromatic carbocycles. The molecule has 2 aromatic rings. The van der Waals surface area contributed by atoms with E-state index >= 15 is 0 Å². The molecule has 3 N–H and O–H groups in total. The summed E-state index contributed by atoms with van der Waals surface area (Å²) >= 11 is 0. The molecule has 11 heteroatoms. The second-order valence-electron chi connectivity index (χ2n) is 8.75. The number of aromatic hydroxyl groups is 1. The van der Waals surface area contributed by atoms with Gasteiger partial charge in [-0.05, 0) is 36.6 Å². The molecular formula is C21H27N5O5S. The maximum atomic E-state index is 12.3. The zero-order valence-electron chi connectivity index (χ0n) is 18.8. The topological polar surface area (TPSA) is 137 Å². The molecule has 0 spiro atoms. The number of anilines is 1. The maximum Gasteiger partial charge on any atom is 0.367 e. The Labute approximate surface area is 187 Å². The number of phenols is 1. The van der Waals surface area contributed by atoms with E-state index in [4.69, 9.17) is 4.42 Å². The number of phenolic OH excluding ortho intramolecular Hbond substituents is 1. The second-order valence-corrected chi connectivity index (χ2v) is 10.0. The lowest BCUT2D eigenvalue weighted by atomic mass is 9.85. The fourth-order valence-corrected chi connectivity index (χ4v) is 3.93. The van der Waals surface area contributed by atoms with Crippen molar-refractivity contribution >= 4 is 33.5 Å². The number of furan rings is 1. The quantitative estimate of drug-likeness (QED) is 0.596. The highest BCUT2D eigenvalue weighted by Gasteiger charge is 2.34. The number of rotatable bonds is 4. The van der Waals surface area contributed by atoms with Crippen LogP contribution in [-0.2, 0) is 10.2 Å². The molecule has 0 radical (unpaired) electrons. The van der Waals surface area contributed by atoms with Gasteiger partial charge >= 0.3 is 10.2 Å². The van der Waals surface area contributed by atoms with Crippen LogP contribution < -0.4 is 10.6 Å². The van der Waals surface area contributed by atoms with Gasteiger partial charge in [-0.3, -0.25) is 4.79 Å². The van der Waals surface area contributed by atoms with E-state index in [2.05, 4.69) is 19.4 Å². The average molecular weight is 462 g/mol. The van der Waals surface area contributed by atoms with Crippen LogP contribution in [0.3, 0.4) is 0 Å². The van der Waals surface area contributed by atoms with E-state index in [-0.39, 0.29) is 34.1 Å². The Morgan fingerprint density at radius 3 is 2.34 bits per heavy atom. The van der Waals surface area contributed by atoms with Gasteiger partial charge in [0.2, 0.25) is 0 Å². The molecule has 10 nitrogen and oxygen atoms in total. The Balaban J connectivity index is 1.95. The lowest BCUT2D eigenvalue weighted by molar-refractivity contribution is 0.0824. The molecular weight excluding hydrogens is 434 g/mol. The fourth-order valence-electron chi connectivity index (χ4n) is 3.16. The first-order valence-electron chi connectivity index (χ1n) is 9.87. The summed E-state index contributed by atoms with van der Waals surface area (Å²) in [7, 11) is -0.997. The second kappa shape index (κ2) is 8.30. The maximum absolute atomic E-state index is 12.3. The number of nitrogens with zero attached hydrogens (tertiary/aromatic N) is 3. The number of amidine groups is 2. The third-order valence-electron chi connectivity index (χ3n) is 4.76. The molecule has 2 heterocycles. The summed E-state index contributed by atoms with van der Waals surface area (Å²) in [6, 6.07) is 7.75. The van der Waals surface area contributed by atoms with E-state index in [0.29, 0.717) is 5.76 Å². The minimum absolute atomic E-state index is 0.0253. The predicted molar refractivity (Wildman–Crippen MR) is 122 cm³/mol. The number of carbonyl (C=O) groups is 1. The molecule has 1 aliphatic heterocycles. The van der Waals surface area contributed by atoms with Crippen LogP contribution in [0, 0.1) is 12.3 Å². The van der Waals surface area contributed by atoms with Gasteiger partial charge in [-0.25, -0.2) is 0 Å². The van der Waals surface area contributed by atoms with E-state index in [0.717, 1.165) is 5.76 Å². The summed E-state index contributed by atoms with van der Waals surface area (Å²) in [6.07, 6.45) is 0. The van der Waals surface area contributed by atoms with Crippen LogP contribution in [0.25, 0.3) is 0 Å². The van der Waals surface area contributed by atoms with Crippen LogP contribution in [0.5, 0.6) is 5.75 Å². The third kappa shape index (κ3) is 4.93. The number of hydrogen-bond acceptors (Lipinski definition) is 7. The SMILES string of the molecule is Cc1ccc(C(NC2=NS(=O)(=O)N=C2Nc2cccc(C(=O)N(C)C)c2O)C(C)(C)C)o1. The van der Waals surface area contributed by atoms with Crippen LogP contribution in [0.4, 0.5) is 5.69 Å². The minimum atomic E-state index is -4.12. The molecule has 32 heavy (non-hydrogen) atoms. The molecule has 0 aliphatic carbocycles. The Morgan fingerprint density at radius 1 is 1.12 bits per heavy atom. The van der Waals surface area contributed by atoms with Crippen molar-refractivity contribution in [3.63, 3.8) is 0 Å². The molecule has 172 valence electrons. The van der Waals surface area contributed by atoms with Crippen LogP contribution in [0.15, 0.2) is 43.5 Å². The Kier molecular flexibility index (Phi) is 6.05. The predicted octanol–water partition coefficient (Wildman–Crippen LogP) is 2.84. The van der Waals surface area contributed by atoms with Crippen molar-refractivity contribution < 1.29 is 22.7 Å². The van der Waals surface area contributed by atoms with Crippen molar-refractivity contribution in [2.24, 2.45) is 14.2 Å². The number of hydrogen-bond donors (Lipinski definition) is 3. The van der Waals surface area contributed by atoms with Gasteiger partial charge in [0.15, 0.2) is 17.4 Å².